The fourth-order valence-electron chi connectivity index (χ4n) is 1.93. The Kier molecular flexibility index (Phi) is 9.59. The van der Waals surface area contributed by atoms with E-state index in [4.69, 9.17) is 0 Å². The molecule has 1 rings (SSSR count). The Hall–Kier alpha value is 0.600. The summed E-state index contributed by atoms with van der Waals surface area (Å²) in [6, 6.07) is 0.789. The van der Waals surface area contributed by atoms with Crippen molar-refractivity contribution in [2.75, 3.05) is 12.3 Å². The maximum Gasteiger partial charge on any atom is 0.00673 e. The van der Waals surface area contributed by atoms with E-state index >= 15 is 0 Å². The zero-order valence-electron chi connectivity index (χ0n) is 8.30. The first-order chi connectivity index (χ1) is 5.93. The molecular weight excluding hydrogens is 202 g/mol. The number of nitrogens with one attached hydrogen (secondary N) is 1. The van der Waals surface area contributed by atoms with Crippen LogP contribution in [-0.2, 0) is 0 Å². The molecule has 0 aliphatic heterocycles. The minimum absolute atomic E-state index is 0. The minimum atomic E-state index is 0. The van der Waals surface area contributed by atoms with Crippen molar-refractivity contribution < 1.29 is 0 Å². The average molecular weight is 224 g/mol. The lowest BCUT2D eigenvalue weighted by Crippen LogP contribution is -2.31. The van der Waals surface area contributed by atoms with Gasteiger partial charge in [0, 0.05) is 18.3 Å². The third-order valence-corrected chi connectivity index (χ3v) is 2.87. The first-order valence-electron chi connectivity index (χ1n) is 5.27. The number of thiol groups is 1. The number of halogens is 1. The Morgan fingerprint density at radius 1 is 1.00 bits per heavy atom. The van der Waals surface area contributed by atoms with Gasteiger partial charge in [0.2, 0.25) is 0 Å². The molecule has 1 fully saturated rings. The Labute approximate surface area is 93.9 Å². The van der Waals surface area contributed by atoms with E-state index in [1.807, 2.05) is 0 Å². The van der Waals surface area contributed by atoms with Crippen LogP contribution >= 0.6 is 25.0 Å². The summed E-state index contributed by atoms with van der Waals surface area (Å²) in [6.45, 7) is 1.08. The lowest BCUT2D eigenvalue weighted by atomic mass is 9.97. The van der Waals surface area contributed by atoms with Gasteiger partial charge in [0.05, 0.1) is 0 Å². The second-order valence-electron chi connectivity index (χ2n) is 3.72. The second-order valence-corrected chi connectivity index (χ2v) is 4.17. The summed E-state index contributed by atoms with van der Waals surface area (Å²) in [4.78, 5) is 0. The topological polar surface area (TPSA) is 12.0 Å². The van der Waals surface area contributed by atoms with Crippen LogP contribution in [0, 0.1) is 0 Å². The molecule has 0 aromatic heterocycles. The Morgan fingerprint density at radius 2 is 1.54 bits per heavy atom. The maximum atomic E-state index is 4.21. The SMILES string of the molecule is Cl.SCCNC1CCCCCCC1. The first kappa shape index (κ1) is 13.6. The van der Waals surface area contributed by atoms with Crippen molar-refractivity contribution in [1.29, 1.82) is 0 Å². The molecular formula is C10H22ClNS. The van der Waals surface area contributed by atoms with Crippen LogP contribution in [0.15, 0.2) is 0 Å². The third kappa shape index (κ3) is 6.64. The summed E-state index contributed by atoms with van der Waals surface area (Å²) in [5.41, 5.74) is 0. The summed E-state index contributed by atoms with van der Waals surface area (Å²) in [5.74, 6) is 0.969. The highest BCUT2D eigenvalue weighted by Gasteiger charge is 2.09. The molecule has 0 amide bonds. The van der Waals surface area contributed by atoms with Gasteiger partial charge >= 0.3 is 0 Å². The van der Waals surface area contributed by atoms with Crippen LogP contribution in [-0.4, -0.2) is 18.3 Å². The van der Waals surface area contributed by atoms with Gasteiger partial charge in [0.1, 0.15) is 0 Å². The van der Waals surface area contributed by atoms with Crippen molar-refractivity contribution in [2.45, 2.75) is 51.0 Å². The average Bonchev–Trinajstić information content (AvgIpc) is 2.02. The predicted molar refractivity (Wildman–Crippen MR) is 65.2 cm³/mol. The predicted octanol–water partition coefficient (Wildman–Crippen LogP) is 3.04. The molecule has 0 aromatic rings. The summed E-state index contributed by atoms with van der Waals surface area (Å²) in [7, 11) is 0. The Bertz CT molecular complexity index is 100. The van der Waals surface area contributed by atoms with Crippen molar-refractivity contribution in [1.82, 2.24) is 5.32 Å². The van der Waals surface area contributed by atoms with E-state index in [0.717, 1.165) is 18.3 Å². The van der Waals surface area contributed by atoms with Crippen LogP contribution in [0.1, 0.15) is 44.9 Å². The number of hydrogen-bond donors (Lipinski definition) is 2. The van der Waals surface area contributed by atoms with Crippen LogP contribution < -0.4 is 5.32 Å². The Balaban J connectivity index is 0.00000144. The monoisotopic (exact) mass is 223 g/mol. The van der Waals surface area contributed by atoms with Gasteiger partial charge in [0.15, 0.2) is 0 Å². The molecule has 3 heteroatoms. The van der Waals surface area contributed by atoms with Crippen LogP contribution in [0.5, 0.6) is 0 Å². The van der Waals surface area contributed by atoms with Gasteiger partial charge in [0.25, 0.3) is 0 Å². The van der Waals surface area contributed by atoms with Gasteiger partial charge in [-0.3, -0.25) is 0 Å². The standard InChI is InChI=1S/C10H21NS.ClH/c12-9-8-11-10-6-4-2-1-3-5-7-10;/h10-12H,1-9H2;1H. The van der Waals surface area contributed by atoms with E-state index in [2.05, 4.69) is 17.9 Å². The summed E-state index contributed by atoms with van der Waals surface area (Å²) in [6.07, 6.45) is 9.95. The number of hydrogen-bond acceptors (Lipinski definition) is 2. The Morgan fingerprint density at radius 3 is 2.08 bits per heavy atom. The highest BCUT2D eigenvalue weighted by molar-refractivity contribution is 7.80. The zero-order chi connectivity index (χ0) is 8.65. The van der Waals surface area contributed by atoms with Crippen LogP contribution in [0.2, 0.25) is 0 Å². The molecule has 0 aromatic carbocycles. The molecule has 1 saturated carbocycles. The van der Waals surface area contributed by atoms with E-state index in [9.17, 15) is 0 Å². The summed E-state index contributed by atoms with van der Waals surface area (Å²) < 4.78 is 0. The summed E-state index contributed by atoms with van der Waals surface area (Å²) in [5, 5.41) is 3.56. The van der Waals surface area contributed by atoms with Gasteiger partial charge < -0.3 is 5.32 Å². The fraction of sp³-hybridized carbons (Fsp3) is 1.00. The van der Waals surface area contributed by atoms with Crippen molar-refractivity contribution in [3.8, 4) is 0 Å². The second kappa shape index (κ2) is 9.17. The maximum absolute atomic E-state index is 4.21. The van der Waals surface area contributed by atoms with E-state index in [1.54, 1.807) is 0 Å². The van der Waals surface area contributed by atoms with Crippen molar-refractivity contribution in [3.05, 3.63) is 0 Å². The van der Waals surface area contributed by atoms with Gasteiger partial charge in [-0.2, -0.15) is 12.6 Å². The van der Waals surface area contributed by atoms with Crippen LogP contribution in [0.4, 0.5) is 0 Å². The summed E-state index contributed by atoms with van der Waals surface area (Å²) >= 11 is 4.21. The molecule has 0 radical (unpaired) electrons. The molecule has 0 heterocycles. The highest BCUT2D eigenvalue weighted by Crippen LogP contribution is 2.16. The molecule has 1 aliphatic carbocycles. The van der Waals surface area contributed by atoms with E-state index in [0.29, 0.717) is 0 Å². The molecule has 1 aliphatic rings. The third-order valence-electron chi connectivity index (χ3n) is 2.65. The highest BCUT2D eigenvalue weighted by atomic mass is 35.5. The molecule has 0 unspecified atom stereocenters. The van der Waals surface area contributed by atoms with Crippen LogP contribution in [0.3, 0.4) is 0 Å². The minimum Gasteiger partial charge on any atom is -0.313 e. The van der Waals surface area contributed by atoms with E-state index in [-0.39, 0.29) is 12.4 Å². The van der Waals surface area contributed by atoms with Crippen molar-refractivity contribution in [3.63, 3.8) is 0 Å². The largest absolute Gasteiger partial charge is 0.313 e. The first-order valence-corrected chi connectivity index (χ1v) is 5.91. The fourth-order valence-corrected chi connectivity index (χ4v) is 2.06. The molecule has 0 atom stereocenters. The smallest absolute Gasteiger partial charge is 0.00673 e. The lowest BCUT2D eigenvalue weighted by molar-refractivity contribution is 0.397. The molecule has 1 nitrogen and oxygen atoms in total. The molecule has 1 N–H and O–H groups in total. The van der Waals surface area contributed by atoms with Gasteiger partial charge in [-0.05, 0) is 12.8 Å². The molecule has 0 bridgehead atoms. The quantitative estimate of drug-likeness (QED) is 0.701. The van der Waals surface area contributed by atoms with Crippen molar-refractivity contribution >= 4 is 25.0 Å². The van der Waals surface area contributed by atoms with E-state index in [1.165, 1.54) is 44.9 Å². The molecule has 0 saturated heterocycles. The van der Waals surface area contributed by atoms with Gasteiger partial charge in [-0.25, -0.2) is 0 Å². The zero-order valence-corrected chi connectivity index (χ0v) is 10.0. The van der Waals surface area contributed by atoms with Gasteiger partial charge in [-0.15, -0.1) is 12.4 Å². The van der Waals surface area contributed by atoms with Gasteiger partial charge in [-0.1, -0.05) is 32.1 Å². The van der Waals surface area contributed by atoms with E-state index < -0.39 is 0 Å². The molecule has 0 spiro atoms. The normalized spacial score (nSPS) is 20.1. The molecule has 80 valence electrons. The van der Waals surface area contributed by atoms with Crippen LogP contribution in [0.25, 0.3) is 0 Å². The molecule has 13 heavy (non-hydrogen) atoms. The number of rotatable bonds is 3. The lowest BCUT2D eigenvalue weighted by Gasteiger charge is -2.20. The van der Waals surface area contributed by atoms with Crippen molar-refractivity contribution in [2.24, 2.45) is 0 Å².